The van der Waals surface area contributed by atoms with Gasteiger partial charge in [0.15, 0.2) is 0 Å². The summed E-state index contributed by atoms with van der Waals surface area (Å²) in [6.07, 6.45) is -3.13. The third-order valence-electron chi connectivity index (χ3n) is 2.43. The van der Waals surface area contributed by atoms with Gasteiger partial charge < -0.3 is 10.1 Å². The van der Waals surface area contributed by atoms with Crippen molar-refractivity contribution in [2.45, 2.75) is 19.8 Å². The summed E-state index contributed by atoms with van der Waals surface area (Å²) in [7, 11) is 0. The second-order valence-electron chi connectivity index (χ2n) is 4.00. The molecule has 0 aliphatic heterocycles. The molecule has 0 spiro atoms. The molecule has 1 N–H and O–H groups in total. The molecule has 0 aliphatic carbocycles. The van der Waals surface area contributed by atoms with Gasteiger partial charge >= 0.3 is 6.36 Å². The molecule has 20 heavy (non-hydrogen) atoms. The van der Waals surface area contributed by atoms with Gasteiger partial charge in [0.25, 0.3) is 0 Å². The molecule has 0 unspecified atom stereocenters. The first-order valence-corrected chi connectivity index (χ1v) is 5.81. The Balaban J connectivity index is 2.09. The lowest BCUT2D eigenvalue weighted by Gasteiger charge is -2.13. The zero-order chi connectivity index (χ0) is 14.6. The SMILES string of the molecule is Cc1nccc(NCc2ccccc2OC(F)(F)F)n1. The molecule has 0 saturated heterocycles. The predicted octanol–water partition coefficient (Wildman–Crippen LogP) is 3.30. The van der Waals surface area contributed by atoms with Crippen molar-refractivity contribution in [3.05, 3.63) is 47.9 Å². The maximum absolute atomic E-state index is 12.3. The fourth-order valence-corrected chi connectivity index (χ4v) is 1.61. The summed E-state index contributed by atoms with van der Waals surface area (Å²) >= 11 is 0. The molecule has 0 atom stereocenters. The lowest BCUT2D eigenvalue weighted by atomic mass is 10.2. The lowest BCUT2D eigenvalue weighted by molar-refractivity contribution is -0.274. The first-order valence-electron chi connectivity index (χ1n) is 5.81. The van der Waals surface area contributed by atoms with E-state index < -0.39 is 6.36 Å². The minimum Gasteiger partial charge on any atom is -0.405 e. The minimum absolute atomic E-state index is 0.169. The maximum atomic E-state index is 12.3. The molecule has 7 heteroatoms. The number of ether oxygens (including phenoxy) is 1. The number of halogens is 3. The molecule has 2 rings (SSSR count). The van der Waals surface area contributed by atoms with E-state index in [4.69, 9.17) is 0 Å². The van der Waals surface area contributed by atoms with Gasteiger partial charge in [-0.25, -0.2) is 9.97 Å². The Hall–Kier alpha value is -2.31. The molecule has 0 amide bonds. The van der Waals surface area contributed by atoms with E-state index in [1.807, 2.05) is 0 Å². The molecule has 0 radical (unpaired) electrons. The highest BCUT2D eigenvalue weighted by atomic mass is 19.4. The number of alkyl halides is 3. The van der Waals surface area contributed by atoms with Crippen molar-refractivity contribution >= 4 is 5.82 Å². The van der Waals surface area contributed by atoms with Crippen LogP contribution in [0.3, 0.4) is 0 Å². The zero-order valence-corrected chi connectivity index (χ0v) is 10.6. The highest BCUT2D eigenvalue weighted by molar-refractivity contribution is 5.39. The molecule has 2 aromatic rings. The fourth-order valence-electron chi connectivity index (χ4n) is 1.61. The van der Waals surface area contributed by atoms with Gasteiger partial charge in [-0.15, -0.1) is 13.2 Å². The normalized spacial score (nSPS) is 11.2. The smallest absolute Gasteiger partial charge is 0.405 e. The van der Waals surface area contributed by atoms with Crippen LogP contribution in [-0.4, -0.2) is 16.3 Å². The Kier molecular flexibility index (Phi) is 4.07. The molecule has 1 heterocycles. The summed E-state index contributed by atoms with van der Waals surface area (Å²) in [5.41, 5.74) is 0.390. The summed E-state index contributed by atoms with van der Waals surface area (Å²) in [4.78, 5) is 8.04. The van der Waals surface area contributed by atoms with Gasteiger partial charge in [-0.2, -0.15) is 0 Å². The van der Waals surface area contributed by atoms with E-state index in [1.54, 1.807) is 31.3 Å². The lowest BCUT2D eigenvalue weighted by Crippen LogP contribution is -2.18. The van der Waals surface area contributed by atoms with Crippen LogP contribution in [0, 0.1) is 6.92 Å². The number of rotatable bonds is 4. The quantitative estimate of drug-likeness (QED) is 0.935. The monoisotopic (exact) mass is 283 g/mol. The van der Waals surface area contributed by atoms with Crippen molar-refractivity contribution in [3.63, 3.8) is 0 Å². The number of anilines is 1. The molecule has 106 valence electrons. The topological polar surface area (TPSA) is 47.0 Å². The second-order valence-corrected chi connectivity index (χ2v) is 4.00. The molecule has 0 fully saturated rings. The van der Waals surface area contributed by atoms with Crippen molar-refractivity contribution < 1.29 is 17.9 Å². The van der Waals surface area contributed by atoms with E-state index in [9.17, 15) is 13.2 Å². The van der Waals surface area contributed by atoms with Crippen LogP contribution in [0.4, 0.5) is 19.0 Å². The van der Waals surface area contributed by atoms with Gasteiger partial charge in [0, 0.05) is 18.3 Å². The number of para-hydroxylation sites is 1. The van der Waals surface area contributed by atoms with Crippen LogP contribution in [0.25, 0.3) is 0 Å². The Morgan fingerprint density at radius 1 is 1.20 bits per heavy atom. The van der Waals surface area contributed by atoms with E-state index >= 15 is 0 Å². The van der Waals surface area contributed by atoms with Gasteiger partial charge in [0.2, 0.25) is 0 Å². The Bertz CT molecular complexity index is 587. The van der Waals surface area contributed by atoms with E-state index in [0.717, 1.165) is 0 Å². The van der Waals surface area contributed by atoms with Gasteiger partial charge in [0.1, 0.15) is 17.4 Å². The summed E-state index contributed by atoms with van der Waals surface area (Å²) in [5.74, 6) is 0.896. The molecular formula is C13H12F3N3O. The number of hydrogen-bond donors (Lipinski definition) is 1. The first-order chi connectivity index (χ1) is 9.44. The predicted molar refractivity (Wildman–Crippen MR) is 67.2 cm³/mol. The second kappa shape index (κ2) is 5.77. The Morgan fingerprint density at radius 2 is 1.95 bits per heavy atom. The number of benzene rings is 1. The van der Waals surface area contributed by atoms with Crippen LogP contribution in [0.5, 0.6) is 5.75 Å². The zero-order valence-electron chi connectivity index (χ0n) is 10.6. The van der Waals surface area contributed by atoms with Crippen molar-refractivity contribution in [1.82, 2.24) is 9.97 Å². The van der Waals surface area contributed by atoms with E-state index in [2.05, 4.69) is 20.0 Å². The Morgan fingerprint density at radius 3 is 2.65 bits per heavy atom. The van der Waals surface area contributed by atoms with Crippen molar-refractivity contribution in [1.29, 1.82) is 0 Å². The standard InChI is InChI=1S/C13H12F3N3O/c1-9-17-7-6-12(19-9)18-8-10-4-2-3-5-11(10)20-13(14,15)16/h2-7H,8H2,1H3,(H,17,18,19). The van der Waals surface area contributed by atoms with Crippen LogP contribution in [0.15, 0.2) is 36.5 Å². The molecule has 1 aromatic carbocycles. The Labute approximate surface area is 113 Å². The molecule has 0 aliphatic rings. The van der Waals surface area contributed by atoms with Crippen molar-refractivity contribution in [2.75, 3.05) is 5.32 Å². The largest absolute Gasteiger partial charge is 0.573 e. The van der Waals surface area contributed by atoms with Gasteiger partial charge in [-0.3, -0.25) is 0 Å². The third kappa shape index (κ3) is 4.11. The maximum Gasteiger partial charge on any atom is 0.573 e. The van der Waals surface area contributed by atoms with Crippen LogP contribution in [0.2, 0.25) is 0 Å². The summed E-state index contributed by atoms with van der Waals surface area (Å²) < 4.78 is 40.8. The summed E-state index contributed by atoms with van der Waals surface area (Å²) in [5, 5.41) is 2.93. The summed E-state index contributed by atoms with van der Waals surface area (Å²) in [6, 6.07) is 7.60. The number of aromatic nitrogens is 2. The van der Waals surface area contributed by atoms with Gasteiger partial charge in [-0.05, 0) is 19.1 Å². The van der Waals surface area contributed by atoms with Crippen molar-refractivity contribution in [2.24, 2.45) is 0 Å². The summed E-state index contributed by atoms with van der Waals surface area (Å²) in [6.45, 7) is 1.90. The van der Waals surface area contributed by atoms with Crippen LogP contribution < -0.4 is 10.1 Å². The van der Waals surface area contributed by atoms with Crippen molar-refractivity contribution in [3.8, 4) is 5.75 Å². The van der Waals surface area contributed by atoms with Gasteiger partial charge in [-0.1, -0.05) is 18.2 Å². The third-order valence-corrected chi connectivity index (χ3v) is 2.43. The minimum atomic E-state index is -4.71. The van der Waals surface area contributed by atoms with Crippen LogP contribution >= 0.6 is 0 Å². The molecule has 4 nitrogen and oxygen atoms in total. The number of hydrogen-bond acceptors (Lipinski definition) is 4. The van der Waals surface area contributed by atoms with Crippen LogP contribution in [0.1, 0.15) is 11.4 Å². The molecular weight excluding hydrogens is 271 g/mol. The first kappa shape index (κ1) is 14.1. The highest BCUT2D eigenvalue weighted by Gasteiger charge is 2.31. The molecule has 0 bridgehead atoms. The number of nitrogens with one attached hydrogen (secondary N) is 1. The molecule has 0 saturated carbocycles. The average Bonchev–Trinajstić information content (AvgIpc) is 2.36. The average molecular weight is 283 g/mol. The van der Waals surface area contributed by atoms with Crippen LogP contribution in [-0.2, 0) is 6.54 Å². The van der Waals surface area contributed by atoms with E-state index in [1.165, 1.54) is 12.1 Å². The van der Waals surface area contributed by atoms with E-state index in [-0.39, 0.29) is 12.3 Å². The number of aryl methyl sites for hydroxylation is 1. The highest BCUT2D eigenvalue weighted by Crippen LogP contribution is 2.26. The molecule has 1 aromatic heterocycles. The van der Waals surface area contributed by atoms with Gasteiger partial charge in [0.05, 0.1) is 0 Å². The number of nitrogens with zero attached hydrogens (tertiary/aromatic N) is 2. The van der Waals surface area contributed by atoms with E-state index in [0.29, 0.717) is 17.2 Å². The fraction of sp³-hybridized carbons (Fsp3) is 0.231.